The summed E-state index contributed by atoms with van der Waals surface area (Å²) in [5.74, 6) is 0.786. The number of hydrogen-bond acceptors (Lipinski definition) is 3. The lowest BCUT2D eigenvalue weighted by Gasteiger charge is -2.25. The van der Waals surface area contributed by atoms with Crippen LogP contribution in [0.5, 0.6) is 5.75 Å². The number of benzene rings is 1. The molecule has 1 saturated heterocycles. The zero-order valence-electron chi connectivity index (χ0n) is 10.1. The number of ether oxygens (including phenoxy) is 1. The summed E-state index contributed by atoms with van der Waals surface area (Å²) >= 11 is 0. The third kappa shape index (κ3) is 1.81. The Morgan fingerprint density at radius 3 is 2.56 bits per heavy atom. The van der Waals surface area contributed by atoms with Crippen LogP contribution < -0.4 is 10.1 Å². The van der Waals surface area contributed by atoms with E-state index >= 15 is 0 Å². The molecule has 3 nitrogen and oxygen atoms in total. The molecule has 0 bridgehead atoms. The molecule has 1 aliphatic rings. The summed E-state index contributed by atoms with van der Waals surface area (Å²) < 4.78 is 5.37. The predicted octanol–water partition coefficient (Wildman–Crippen LogP) is 1.49. The van der Waals surface area contributed by atoms with Gasteiger partial charge in [0.15, 0.2) is 0 Å². The first-order valence-electron chi connectivity index (χ1n) is 5.65. The van der Waals surface area contributed by atoms with Gasteiger partial charge in [-0.1, -0.05) is 0 Å². The molecule has 88 valence electrons. The largest absolute Gasteiger partial charge is 0.496 e. The number of aliphatic hydroxyl groups is 1. The van der Waals surface area contributed by atoms with E-state index in [1.165, 1.54) is 11.1 Å². The summed E-state index contributed by atoms with van der Waals surface area (Å²) in [5, 5.41) is 13.7. The number of β-amino-alcohol motifs (C(OH)–C–C–N with tert-alkyl or cyclic N) is 1. The van der Waals surface area contributed by atoms with Crippen molar-refractivity contribution in [2.24, 2.45) is 0 Å². The van der Waals surface area contributed by atoms with E-state index in [9.17, 15) is 5.11 Å². The summed E-state index contributed by atoms with van der Waals surface area (Å²) in [5.41, 5.74) is 2.51. The third-order valence-electron chi connectivity index (χ3n) is 3.45. The van der Waals surface area contributed by atoms with Gasteiger partial charge in [-0.3, -0.25) is 0 Å². The minimum Gasteiger partial charge on any atom is -0.496 e. The molecule has 1 fully saturated rings. The molecule has 1 heterocycles. The third-order valence-corrected chi connectivity index (χ3v) is 3.45. The van der Waals surface area contributed by atoms with Gasteiger partial charge in [0, 0.05) is 12.1 Å². The van der Waals surface area contributed by atoms with Gasteiger partial charge in [0.1, 0.15) is 11.4 Å². The fourth-order valence-electron chi connectivity index (χ4n) is 2.23. The van der Waals surface area contributed by atoms with Gasteiger partial charge < -0.3 is 15.2 Å². The van der Waals surface area contributed by atoms with Crippen LogP contribution >= 0.6 is 0 Å². The van der Waals surface area contributed by atoms with E-state index in [-0.39, 0.29) is 0 Å². The Morgan fingerprint density at radius 2 is 2.00 bits per heavy atom. The van der Waals surface area contributed by atoms with Gasteiger partial charge in [-0.05, 0) is 50.1 Å². The molecular formula is C13H19NO2. The number of methoxy groups -OCH3 is 1. The molecule has 3 heteroatoms. The van der Waals surface area contributed by atoms with Crippen molar-refractivity contribution in [2.45, 2.75) is 25.9 Å². The van der Waals surface area contributed by atoms with Crippen molar-refractivity contribution in [1.29, 1.82) is 0 Å². The zero-order valence-corrected chi connectivity index (χ0v) is 10.1. The van der Waals surface area contributed by atoms with Crippen LogP contribution in [0.15, 0.2) is 12.1 Å². The van der Waals surface area contributed by atoms with Gasteiger partial charge in [0.25, 0.3) is 0 Å². The molecule has 1 aliphatic heterocycles. The maximum absolute atomic E-state index is 10.5. The molecule has 2 rings (SSSR count). The Kier molecular flexibility index (Phi) is 2.91. The smallest absolute Gasteiger partial charge is 0.125 e. The summed E-state index contributed by atoms with van der Waals surface area (Å²) in [4.78, 5) is 0. The molecule has 0 aromatic heterocycles. The number of rotatable bonds is 2. The molecule has 1 unspecified atom stereocenters. The monoisotopic (exact) mass is 221 g/mol. The zero-order chi connectivity index (χ0) is 11.8. The number of aryl methyl sites for hydroxylation is 2. The van der Waals surface area contributed by atoms with Crippen LogP contribution in [-0.2, 0) is 5.60 Å². The molecule has 0 spiro atoms. The van der Waals surface area contributed by atoms with Crippen LogP contribution in [0.3, 0.4) is 0 Å². The van der Waals surface area contributed by atoms with Crippen LogP contribution in [0.1, 0.15) is 23.1 Å². The Morgan fingerprint density at radius 1 is 1.31 bits per heavy atom. The van der Waals surface area contributed by atoms with Gasteiger partial charge in [-0.25, -0.2) is 0 Å². The molecule has 1 aromatic carbocycles. The SMILES string of the molecule is COc1cc(C)c(C)cc1C1(O)CCNC1. The lowest BCUT2D eigenvalue weighted by molar-refractivity contribution is 0.0560. The van der Waals surface area contributed by atoms with Crippen LogP contribution in [-0.4, -0.2) is 25.3 Å². The summed E-state index contributed by atoms with van der Waals surface area (Å²) in [6, 6.07) is 4.04. The lowest BCUT2D eigenvalue weighted by atomic mass is 9.89. The predicted molar refractivity (Wildman–Crippen MR) is 63.9 cm³/mol. The van der Waals surface area contributed by atoms with Crippen molar-refractivity contribution in [3.05, 3.63) is 28.8 Å². The van der Waals surface area contributed by atoms with E-state index in [0.29, 0.717) is 6.54 Å². The van der Waals surface area contributed by atoms with Crippen molar-refractivity contribution in [1.82, 2.24) is 5.32 Å². The maximum atomic E-state index is 10.5. The van der Waals surface area contributed by atoms with E-state index in [1.807, 2.05) is 12.1 Å². The Labute approximate surface area is 96.4 Å². The summed E-state index contributed by atoms with van der Waals surface area (Å²) in [6.45, 7) is 5.57. The van der Waals surface area contributed by atoms with Gasteiger partial charge >= 0.3 is 0 Å². The first-order chi connectivity index (χ1) is 7.57. The van der Waals surface area contributed by atoms with E-state index in [2.05, 4.69) is 19.2 Å². The van der Waals surface area contributed by atoms with Crippen LogP contribution in [0.25, 0.3) is 0 Å². The normalized spacial score (nSPS) is 24.8. The molecule has 16 heavy (non-hydrogen) atoms. The fourth-order valence-corrected chi connectivity index (χ4v) is 2.23. The average molecular weight is 221 g/mol. The molecule has 0 saturated carbocycles. The van der Waals surface area contributed by atoms with Gasteiger partial charge in [-0.15, -0.1) is 0 Å². The highest BCUT2D eigenvalue weighted by molar-refractivity contribution is 5.45. The lowest BCUT2D eigenvalue weighted by Crippen LogP contribution is -2.29. The van der Waals surface area contributed by atoms with Crippen LogP contribution in [0.2, 0.25) is 0 Å². The molecular weight excluding hydrogens is 202 g/mol. The Bertz CT molecular complexity index is 395. The summed E-state index contributed by atoms with van der Waals surface area (Å²) in [7, 11) is 1.65. The Hall–Kier alpha value is -1.06. The van der Waals surface area contributed by atoms with Crippen molar-refractivity contribution < 1.29 is 9.84 Å². The van der Waals surface area contributed by atoms with E-state index < -0.39 is 5.60 Å². The first kappa shape index (κ1) is 11.4. The van der Waals surface area contributed by atoms with Crippen molar-refractivity contribution in [3.63, 3.8) is 0 Å². The highest BCUT2D eigenvalue weighted by atomic mass is 16.5. The van der Waals surface area contributed by atoms with Crippen molar-refractivity contribution in [3.8, 4) is 5.75 Å². The minimum atomic E-state index is -0.774. The van der Waals surface area contributed by atoms with Gasteiger partial charge in [-0.2, -0.15) is 0 Å². The standard InChI is InChI=1S/C13H19NO2/c1-9-6-11(12(16-3)7-10(9)2)13(15)4-5-14-8-13/h6-7,14-15H,4-5,8H2,1-3H3. The highest BCUT2D eigenvalue weighted by Crippen LogP contribution is 2.36. The molecule has 0 amide bonds. The quantitative estimate of drug-likeness (QED) is 0.795. The van der Waals surface area contributed by atoms with Crippen LogP contribution in [0, 0.1) is 13.8 Å². The minimum absolute atomic E-state index is 0.603. The Balaban J connectivity index is 2.50. The highest BCUT2D eigenvalue weighted by Gasteiger charge is 2.35. The van der Waals surface area contributed by atoms with Gasteiger partial charge in [0.2, 0.25) is 0 Å². The van der Waals surface area contributed by atoms with Crippen molar-refractivity contribution in [2.75, 3.05) is 20.2 Å². The molecule has 1 atom stereocenters. The fraction of sp³-hybridized carbons (Fsp3) is 0.538. The molecule has 2 N–H and O–H groups in total. The second kappa shape index (κ2) is 4.07. The summed E-state index contributed by atoms with van der Waals surface area (Å²) in [6.07, 6.45) is 0.742. The number of hydrogen-bond donors (Lipinski definition) is 2. The first-order valence-corrected chi connectivity index (χ1v) is 5.65. The number of nitrogens with one attached hydrogen (secondary N) is 1. The van der Waals surface area contributed by atoms with E-state index in [1.54, 1.807) is 7.11 Å². The molecule has 0 aliphatic carbocycles. The van der Waals surface area contributed by atoms with Crippen molar-refractivity contribution >= 4 is 0 Å². The average Bonchev–Trinajstić information content (AvgIpc) is 2.69. The maximum Gasteiger partial charge on any atom is 0.125 e. The van der Waals surface area contributed by atoms with E-state index in [4.69, 9.17) is 4.74 Å². The van der Waals surface area contributed by atoms with Crippen LogP contribution in [0.4, 0.5) is 0 Å². The second-order valence-corrected chi connectivity index (χ2v) is 4.60. The van der Waals surface area contributed by atoms with E-state index in [0.717, 1.165) is 24.3 Å². The molecule has 1 aromatic rings. The second-order valence-electron chi connectivity index (χ2n) is 4.60. The molecule has 0 radical (unpaired) electrons. The van der Waals surface area contributed by atoms with Gasteiger partial charge in [0.05, 0.1) is 7.11 Å². The topological polar surface area (TPSA) is 41.5 Å².